The molecule has 0 spiro atoms. The van der Waals surface area contributed by atoms with Crippen molar-refractivity contribution in [3.63, 3.8) is 0 Å². The van der Waals surface area contributed by atoms with Crippen LogP contribution in [0.5, 0.6) is 0 Å². The van der Waals surface area contributed by atoms with Gasteiger partial charge in [0.15, 0.2) is 0 Å². The highest BCUT2D eigenvalue weighted by Crippen LogP contribution is 2.23. The summed E-state index contributed by atoms with van der Waals surface area (Å²) >= 11 is 0. The predicted octanol–water partition coefficient (Wildman–Crippen LogP) is 3.01. The van der Waals surface area contributed by atoms with Crippen LogP contribution >= 0.6 is 0 Å². The molecule has 0 saturated heterocycles. The number of hydrogen-bond donors (Lipinski definition) is 1. The molecule has 1 aromatic rings. The number of benzene rings is 1. The summed E-state index contributed by atoms with van der Waals surface area (Å²) in [4.78, 5) is 0. The molecule has 1 aromatic carbocycles. The lowest BCUT2D eigenvalue weighted by Crippen LogP contribution is -1.97. The van der Waals surface area contributed by atoms with E-state index >= 15 is 0 Å². The summed E-state index contributed by atoms with van der Waals surface area (Å²) in [5.74, 6) is 0.563. The number of anilines is 1. The highest BCUT2D eigenvalue weighted by molar-refractivity contribution is 5.52. The fourth-order valence-corrected chi connectivity index (χ4v) is 1.51. The summed E-state index contributed by atoms with van der Waals surface area (Å²) in [6, 6.07) is 4.25. The Morgan fingerprint density at radius 2 is 1.67 bits per heavy atom. The van der Waals surface area contributed by atoms with E-state index in [0.29, 0.717) is 5.92 Å². The SMILES string of the molecule is Cc1cc(C)c(C(C)C)cc1N. The molecule has 0 bridgehead atoms. The van der Waals surface area contributed by atoms with Crippen molar-refractivity contribution in [2.45, 2.75) is 33.6 Å². The van der Waals surface area contributed by atoms with Crippen LogP contribution in [0.1, 0.15) is 36.5 Å². The van der Waals surface area contributed by atoms with Gasteiger partial charge in [-0.15, -0.1) is 0 Å². The van der Waals surface area contributed by atoms with Gasteiger partial charge in [0.1, 0.15) is 0 Å². The van der Waals surface area contributed by atoms with Gasteiger partial charge in [-0.3, -0.25) is 0 Å². The molecule has 1 rings (SSSR count). The van der Waals surface area contributed by atoms with Crippen LogP contribution in [-0.2, 0) is 0 Å². The number of rotatable bonds is 1. The first kappa shape index (κ1) is 9.11. The van der Waals surface area contributed by atoms with Crippen LogP contribution < -0.4 is 5.73 Å². The van der Waals surface area contributed by atoms with Crippen molar-refractivity contribution in [3.8, 4) is 0 Å². The second kappa shape index (κ2) is 3.18. The van der Waals surface area contributed by atoms with Gasteiger partial charge in [-0.05, 0) is 42.5 Å². The summed E-state index contributed by atoms with van der Waals surface area (Å²) in [6.45, 7) is 8.57. The summed E-state index contributed by atoms with van der Waals surface area (Å²) in [5.41, 5.74) is 10.6. The van der Waals surface area contributed by atoms with Gasteiger partial charge in [0.25, 0.3) is 0 Å². The molecule has 0 fully saturated rings. The maximum absolute atomic E-state index is 5.83. The van der Waals surface area contributed by atoms with E-state index in [4.69, 9.17) is 5.73 Å². The molecule has 0 amide bonds. The first-order valence-electron chi connectivity index (χ1n) is 4.39. The average molecular weight is 163 g/mol. The second-order valence-corrected chi connectivity index (χ2v) is 3.72. The van der Waals surface area contributed by atoms with Crippen molar-refractivity contribution in [1.29, 1.82) is 0 Å². The summed E-state index contributed by atoms with van der Waals surface area (Å²) in [5, 5.41) is 0. The molecule has 0 atom stereocenters. The molecule has 0 aliphatic heterocycles. The minimum atomic E-state index is 0.563. The van der Waals surface area contributed by atoms with Crippen LogP contribution in [0.4, 0.5) is 5.69 Å². The highest BCUT2D eigenvalue weighted by Gasteiger charge is 2.05. The van der Waals surface area contributed by atoms with Crippen LogP contribution in [-0.4, -0.2) is 0 Å². The van der Waals surface area contributed by atoms with Gasteiger partial charge in [0.2, 0.25) is 0 Å². The fraction of sp³-hybridized carbons (Fsp3) is 0.455. The quantitative estimate of drug-likeness (QED) is 0.633. The fourth-order valence-electron chi connectivity index (χ4n) is 1.51. The Morgan fingerprint density at radius 1 is 1.08 bits per heavy atom. The number of hydrogen-bond acceptors (Lipinski definition) is 1. The van der Waals surface area contributed by atoms with E-state index in [1.54, 1.807) is 0 Å². The normalized spacial score (nSPS) is 10.8. The number of nitrogen functional groups attached to an aromatic ring is 1. The van der Waals surface area contributed by atoms with Crippen LogP contribution in [0, 0.1) is 13.8 Å². The predicted molar refractivity (Wildman–Crippen MR) is 54.4 cm³/mol. The maximum atomic E-state index is 5.83. The van der Waals surface area contributed by atoms with Gasteiger partial charge in [-0.2, -0.15) is 0 Å². The average Bonchev–Trinajstić information content (AvgIpc) is 1.96. The zero-order valence-electron chi connectivity index (χ0n) is 8.31. The summed E-state index contributed by atoms with van der Waals surface area (Å²) in [6.07, 6.45) is 0. The molecule has 0 radical (unpaired) electrons. The molecule has 0 saturated carbocycles. The van der Waals surface area contributed by atoms with Crippen molar-refractivity contribution in [2.75, 3.05) is 5.73 Å². The van der Waals surface area contributed by atoms with Gasteiger partial charge < -0.3 is 5.73 Å². The molecule has 0 heterocycles. The van der Waals surface area contributed by atoms with Crippen LogP contribution in [0.2, 0.25) is 0 Å². The highest BCUT2D eigenvalue weighted by atomic mass is 14.6. The van der Waals surface area contributed by atoms with Gasteiger partial charge in [0, 0.05) is 5.69 Å². The van der Waals surface area contributed by atoms with E-state index in [0.717, 1.165) is 5.69 Å². The smallest absolute Gasteiger partial charge is 0.0346 e. The minimum Gasteiger partial charge on any atom is -0.399 e. The van der Waals surface area contributed by atoms with Crippen molar-refractivity contribution < 1.29 is 0 Å². The Balaban J connectivity index is 3.23. The molecule has 0 unspecified atom stereocenters. The van der Waals surface area contributed by atoms with Crippen LogP contribution in [0.25, 0.3) is 0 Å². The topological polar surface area (TPSA) is 26.0 Å². The van der Waals surface area contributed by atoms with Gasteiger partial charge in [-0.25, -0.2) is 0 Å². The lowest BCUT2D eigenvalue weighted by molar-refractivity contribution is 0.856. The third-order valence-electron chi connectivity index (χ3n) is 2.28. The second-order valence-electron chi connectivity index (χ2n) is 3.72. The Labute approximate surface area is 74.6 Å². The van der Waals surface area contributed by atoms with E-state index in [9.17, 15) is 0 Å². The van der Waals surface area contributed by atoms with Gasteiger partial charge in [0.05, 0.1) is 0 Å². The molecule has 66 valence electrons. The maximum Gasteiger partial charge on any atom is 0.0346 e. The molecule has 12 heavy (non-hydrogen) atoms. The van der Waals surface area contributed by atoms with E-state index in [1.165, 1.54) is 16.7 Å². The third-order valence-corrected chi connectivity index (χ3v) is 2.28. The van der Waals surface area contributed by atoms with E-state index in [1.807, 2.05) is 6.92 Å². The van der Waals surface area contributed by atoms with Crippen LogP contribution in [0.15, 0.2) is 12.1 Å². The lowest BCUT2D eigenvalue weighted by Gasteiger charge is -2.12. The Bertz CT molecular complexity index is 287. The zero-order valence-corrected chi connectivity index (χ0v) is 8.31. The molecule has 0 aliphatic rings. The Kier molecular flexibility index (Phi) is 2.41. The van der Waals surface area contributed by atoms with Gasteiger partial charge in [-0.1, -0.05) is 19.9 Å². The molecule has 1 nitrogen and oxygen atoms in total. The van der Waals surface area contributed by atoms with Crippen molar-refractivity contribution in [1.82, 2.24) is 0 Å². The number of nitrogens with two attached hydrogens (primary N) is 1. The Morgan fingerprint density at radius 3 is 2.17 bits per heavy atom. The summed E-state index contributed by atoms with van der Waals surface area (Å²) < 4.78 is 0. The minimum absolute atomic E-state index is 0.563. The van der Waals surface area contributed by atoms with Crippen molar-refractivity contribution >= 4 is 5.69 Å². The van der Waals surface area contributed by atoms with Crippen molar-refractivity contribution in [2.24, 2.45) is 0 Å². The largest absolute Gasteiger partial charge is 0.399 e. The molecule has 1 heteroatoms. The van der Waals surface area contributed by atoms with Crippen LogP contribution in [0.3, 0.4) is 0 Å². The van der Waals surface area contributed by atoms with E-state index < -0.39 is 0 Å². The molecular formula is C11H17N. The molecule has 2 N–H and O–H groups in total. The first-order valence-corrected chi connectivity index (χ1v) is 4.39. The number of aryl methyl sites for hydroxylation is 2. The van der Waals surface area contributed by atoms with E-state index in [-0.39, 0.29) is 0 Å². The molecule has 0 aromatic heterocycles. The van der Waals surface area contributed by atoms with Crippen molar-refractivity contribution in [3.05, 3.63) is 28.8 Å². The first-order chi connectivity index (χ1) is 5.52. The lowest BCUT2D eigenvalue weighted by atomic mass is 9.95. The van der Waals surface area contributed by atoms with Gasteiger partial charge >= 0.3 is 0 Å². The molecular weight excluding hydrogens is 146 g/mol. The summed E-state index contributed by atoms with van der Waals surface area (Å²) in [7, 11) is 0. The zero-order chi connectivity index (χ0) is 9.30. The third kappa shape index (κ3) is 1.60. The standard InChI is InChI=1S/C11H17N/c1-7(2)10-6-11(12)9(4)5-8(10)3/h5-7H,12H2,1-4H3. The molecule has 0 aliphatic carbocycles. The monoisotopic (exact) mass is 163 g/mol. The van der Waals surface area contributed by atoms with E-state index in [2.05, 4.69) is 32.9 Å². The Hall–Kier alpha value is -0.980.